The number of aryl methyl sites for hydroxylation is 1. The molecule has 2 aliphatic rings. The number of Topliss-reactive ketones (excluding diaryl/α,β-unsaturated/α-hetero) is 1. The monoisotopic (exact) mass is 483 g/mol. The van der Waals surface area contributed by atoms with Crippen LogP contribution in [0.15, 0.2) is 47.5 Å². The van der Waals surface area contributed by atoms with Crippen LogP contribution in [-0.4, -0.2) is 28.4 Å². The van der Waals surface area contributed by atoms with Crippen molar-refractivity contribution in [1.82, 2.24) is 9.78 Å². The summed E-state index contributed by atoms with van der Waals surface area (Å²) in [5, 5.41) is 5.24. The number of ketones is 1. The number of carbonyl (C=O) groups excluding carboxylic acids is 1. The van der Waals surface area contributed by atoms with Gasteiger partial charge in [0.25, 0.3) is 0 Å². The number of aromatic nitrogens is 2. The Bertz CT molecular complexity index is 1370. The van der Waals surface area contributed by atoms with E-state index in [0.29, 0.717) is 6.42 Å². The van der Waals surface area contributed by atoms with Crippen LogP contribution in [-0.2, 0) is 10.2 Å². The van der Waals surface area contributed by atoms with Crippen LogP contribution in [0.1, 0.15) is 81.3 Å². The Balaban J connectivity index is 1.84. The van der Waals surface area contributed by atoms with Crippen LogP contribution in [0.5, 0.6) is 5.75 Å². The Kier molecular flexibility index (Phi) is 5.73. The van der Waals surface area contributed by atoms with E-state index in [-0.39, 0.29) is 28.4 Å². The molecule has 2 heterocycles. The van der Waals surface area contributed by atoms with E-state index < -0.39 is 0 Å². The van der Waals surface area contributed by atoms with Crippen LogP contribution < -0.4 is 4.74 Å². The van der Waals surface area contributed by atoms with Gasteiger partial charge in [-0.15, -0.1) is 0 Å². The molecule has 0 spiro atoms. The lowest BCUT2D eigenvalue weighted by atomic mass is 9.63. The first-order valence-corrected chi connectivity index (χ1v) is 12.9. The van der Waals surface area contributed by atoms with Gasteiger partial charge in [0.2, 0.25) is 0 Å². The normalized spacial score (nSPS) is 21.0. The van der Waals surface area contributed by atoms with E-state index in [0.717, 1.165) is 46.2 Å². The molecule has 0 amide bonds. The van der Waals surface area contributed by atoms with Gasteiger partial charge >= 0.3 is 0 Å². The van der Waals surface area contributed by atoms with Crippen LogP contribution in [0.3, 0.4) is 0 Å². The third-order valence-electron chi connectivity index (χ3n) is 7.80. The van der Waals surface area contributed by atoms with Gasteiger partial charge in [-0.2, -0.15) is 5.10 Å². The maximum Gasteiger partial charge on any atom is 0.159 e. The van der Waals surface area contributed by atoms with Gasteiger partial charge in [0.1, 0.15) is 11.5 Å². The zero-order valence-corrected chi connectivity index (χ0v) is 22.8. The molecule has 2 unspecified atom stereocenters. The first-order valence-electron chi connectivity index (χ1n) is 12.9. The van der Waals surface area contributed by atoms with Crippen LogP contribution in [0.25, 0.3) is 5.69 Å². The smallest absolute Gasteiger partial charge is 0.159 e. The van der Waals surface area contributed by atoms with Crippen molar-refractivity contribution < 1.29 is 9.53 Å². The van der Waals surface area contributed by atoms with Gasteiger partial charge in [0, 0.05) is 29.0 Å². The molecule has 1 aromatic heterocycles. The SMILES string of the molecule is COc1ccc(C2c3c(C(C)(C)C)nn(-c4cccc(C)c4C)c3N=C3CC(C)(C)CC(=O)C32)cc1. The van der Waals surface area contributed by atoms with Gasteiger partial charge in [-0.3, -0.25) is 4.79 Å². The van der Waals surface area contributed by atoms with E-state index in [1.807, 2.05) is 16.8 Å². The third-order valence-corrected chi connectivity index (χ3v) is 7.80. The quantitative estimate of drug-likeness (QED) is 0.402. The Hall–Kier alpha value is -3.21. The largest absolute Gasteiger partial charge is 0.497 e. The van der Waals surface area contributed by atoms with Crippen LogP contribution in [0, 0.1) is 25.2 Å². The van der Waals surface area contributed by atoms with Crippen molar-refractivity contribution >= 4 is 17.3 Å². The Morgan fingerprint density at radius 3 is 2.33 bits per heavy atom. The first kappa shape index (κ1) is 24.5. The minimum atomic E-state index is -0.267. The maximum atomic E-state index is 13.8. The molecule has 0 radical (unpaired) electrons. The van der Waals surface area contributed by atoms with Gasteiger partial charge in [0.05, 0.1) is 24.4 Å². The highest BCUT2D eigenvalue weighted by Crippen LogP contribution is 2.52. The van der Waals surface area contributed by atoms with E-state index in [2.05, 4.69) is 78.8 Å². The second-order valence-corrected chi connectivity index (χ2v) is 12.3. The molecule has 5 heteroatoms. The van der Waals surface area contributed by atoms with E-state index >= 15 is 0 Å². The second kappa shape index (κ2) is 8.43. The summed E-state index contributed by atoms with van der Waals surface area (Å²) >= 11 is 0. The van der Waals surface area contributed by atoms with E-state index in [1.54, 1.807) is 7.11 Å². The van der Waals surface area contributed by atoms with Crippen molar-refractivity contribution in [2.24, 2.45) is 16.3 Å². The number of aliphatic imine (C=N–C) groups is 1. The predicted molar refractivity (Wildman–Crippen MR) is 145 cm³/mol. The molecule has 0 N–H and O–H groups in total. The maximum absolute atomic E-state index is 13.8. The van der Waals surface area contributed by atoms with Gasteiger partial charge in [0.15, 0.2) is 5.82 Å². The average Bonchev–Trinajstić information content (AvgIpc) is 3.18. The van der Waals surface area contributed by atoms with Gasteiger partial charge in [-0.25, -0.2) is 9.67 Å². The zero-order chi connectivity index (χ0) is 26.0. The predicted octanol–water partition coefficient (Wildman–Crippen LogP) is 7.02. The molecule has 1 fully saturated rings. The Morgan fingerprint density at radius 2 is 1.69 bits per heavy atom. The minimum absolute atomic E-state index is 0.106. The van der Waals surface area contributed by atoms with Crippen molar-refractivity contribution in [2.45, 2.75) is 72.6 Å². The van der Waals surface area contributed by atoms with Crippen molar-refractivity contribution in [3.05, 3.63) is 70.4 Å². The lowest BCUT2D eigenvalue weighted by molar-refractivity contribution is -0.124. The fourth-order valence-electron chi connectivity index (χ4n) is 5.89. The Labute approximate surface area is 214 Å². The number of benzene rings is 2. The first-order chi connectivity index (χ1) is 16.9. The van der Waals surface area contributed by atoms with Gasteiger partial charge in [-0.1, -0.05) is 58.9 Å². The number of ether oxygens (including phenoxy) is 1. The summed E-state index contributed by atoms with van der Waals surface area (Å²) in [7, 11) is 1.68. The number of fused-ring (bicyclic) bond motifs is 2. The lowest BCUT2D eigenvalue weighted by Gasteiger charge is -2.41. The van der Waals surface area contributed by atoms with Crippen LogP contribution in [0.2, 0.25) is 0 Å². The second-order valence-electron chi connectivity index (χ2n) is 12.3. The number of hydrogen-bond donors (Lipinski definition) is 0. The fourth-order valence-corrected chi connectivity index (χ4v) is 5.89. The minimum Gasteiger partial charge on any atom is -0.497 e. The molecule has 0 bridgehead atoms. The fraction of sp³-hybridized carbons (Fsp3) is 0.452. The van der Waals surface area contributed by atoms with Crippen molar-refractivity contribution in [3.8, 4) is 11.4 Å². The number of carbonyl (C=O) groups is 1. The molecular weight excluding hydrogens is 446 g/mol. The average molecular weight is 484 g/mol. The molecule has 5 rings (SSSR count). The Morgan fingerprint density at radius 1 is 1.00 bits per heavy atom. The lowest BCUT2D eigenvalue weighted by Crippen LogP contribution is -2.42. The summed E-state index contributed by atoms with van der Waals surface area (Å²) in [6, 6.07) is 14.5. The molecule has 1 saturated carbocycles. The summed E-state index contributed by atoms with van der Waals surface area (Å²) in [5.74, 6) is 1.55. The number of hydrogen-bond acceptors (Lipinski definition) is 4. The molecule has 0 saturated heterocycles. The van der Waals surface area contributed by atoms with Crippen molar-refractivity contribution in [1.29, 1.82) is 0 Å². The number of rotatable bonds is 3. The summed E-state index contributed by atoms with van der Waals surface area (Å²) in [6.07, 6.45) is 1.37. The zero-order valence-electron chi connectivity index (χ0n) is 22.8. The summed E-state index contributed by atoms with van der Waals surface area (Å²) < 4.78 is 7.47. The third kappa shape index (κ3) is 3.99. The molecule has 188 valence electrons. The molecule has 3 aromatic rings. The van der Waals surface area contributed by atoms with E-state index in [4.69, 9.17) is 14.8 Å². The van der Waals surface area contributed by atoms with Crippen molar-refractivity contribution in [3.63, 3.8) is 0 Å². The van der Waals surface area contributed by atoms with E-state index in [9.17, 15) is 4.79 Å². The molecule has 5 nitrogen and oxygen atoms in total. The summed E-state index contributed by atoms with van der Waals surface area (Å²) in [4.78, 5) is 19.0. The molecule has 1 aliphatic heterocycles. The molecule has 2 atom stereocenters. The molecule has 36 heavy (non-hydrogen) atoms. The number of methoxy groups -OCH3 is 1. The molecule has 2 aromatic carbocycles. The molecular formula is C31H37N3O2. The highest BCUT2D eigenvalue weighted by Gasteiger charge is 2.48. The van der Waals surface area contributed by atoms with Crippen LogP contribution in [0.4, 0.5) is 5.82 Å². The van der Waals surface area contributed by atoms with Gasteiger partial charge < -0.3 is 4.74 Å². The summed E-state index contributed by atoms with van der Waals surface area (Å²) in [5.41, 5.74) is 7.29. The number of nitrogens with zero attached hydrogens (tertiary/aromatic N) is 3. The summed E-state index contributed by atoms with van der Waals surface area (Å²) in [6.45, 7) is 15.2. The highest BCUT2D eigenvalue weighted by atomic mass is 16.5. The molecule has 1 aliphatic carbocycles. The van der Waals surface area contributed by atoms with Gasteiger partial charge in [-0.05, 0) is 60.6 Å². The van der Waals surface area contributed by atoms with Crippen LogP contribution >= 0.6 is 0 Å². The standard InChI is InChI=1S/C31H37N3O2/c1-18-10-9-11-23(19(18)2)34-29-27(28(33-34)30(3,4)5)25(20-12-14-21(36-8)15-13-20)26-22(32-29)16-31(6,7)17-24(26)35/h9-15,25-26H,16-17H2,1-8H3. The van der Waals surface area contributed by atoms with E-state index in [1.165, 1.54) is 11.1 Å². The van der Waals surface area contributed by atoms with Crippen molar-refractivity contribution in [2.75, 3.05) is 7.11 Å². The topological polar surface area (TPSA) is 56.5 Å². The highest BCUT2D eigenvalue weighted by molar-refractivity contribution is 6.11.